The molecular formula is C14H22FNO. The van der Waals surface area contributed by atoms with Crippen molar-refractivity contribution in [2.24, 2.45) is 5.92 Å². The van der Waals surface area contributed by atoms with E-state index >= 15 is 0 Å². The fourth-order valence-electron chi connectivity index (χ4n) is 1.78. The van der Waals surface area contributed by atoms with Crippen LogP contribution in [-0.2, 0) is 0 Å². The Morgan fingerprint density at radius 1 is 1.29 bits per heavy atom. The van der Waals surface area contributed by atoms with Gasteiger partial charge in [0.2, 0.25) is 0 Å². The summed E-state index contributed by atoms with van der Waals surface area (Å²) in [6.07, 6.45) is 0.510. The van der Waals surface area contributed by atoms with Gasteiger partial charge in [0.1, 0.15) is 5.82 Å². The number of hydrogen-bond donors (Lipinski definition) is 1. The van der Waals surface area contributed by atoms with Gasteiger partial charge in [0.25, 0.3) is 0 Å². The molecule has 3 heteroatoms. The van der Waals surface area contributed by atoms with E-state index in [2.05, 4.69) is 0 Å². The molecule has 0 heterocycles. The summed E-state index contributed by atoms with van der Waals surface area (Å²) in [6, 6.07) is 6.70. The number of benzene rings is 1. The highest BCUT2D eigenvalue weighted by molar-refractivity contribution is 5.47. The van der Waals surface area contributed by atoms with Gasteiger partial charge in [-0.25, -0.2) is 4.39 Å². The molecule has 1 rings (SSSR count). The smallest absolute Gasteiger partial charge is 0.146 e. The van der Waals surface area contributed by atoms with E-state index in [9.17, 15) is 9.50 Å². The zero-order valence-corrected chi connectivity index (χ0v) is 10.9. The number of aliphatic hydroxyl groups excluding tert-OH is 1. The Bertz CT molecular complexity index is 343. The van der Waals surface area contributed by atoms with Crippen LogP contribution in [0.15, 0.2) is 24.3 Å². The van der Waals surface area contributed by atoms with Gasteiger partial charge < -0.3 is 10.0 Å². The van der Waals surface area contributed by atoms with Crippen LogP contribution in [-0.4, -0.2) is 24.3 Å². The quantitative estimate of drug-likeness (QED) is 0.824. The van der Waals surface area contributed by atoms with Gasteiger partial charge in [0.05, 0.1) is 11.8 Å². The number of para-hydroxylation sites is 1. The lowest BCUT2D eigenvalue weighted by Crippen LogP contribution is -2.36. The van der Waals surface area contributed by atoms with E-state index in [-0.39, 0.29) is 11.7 Å². The first-order chi connectivity index (χ1) is 8.10. The average molecular weight is 239 g/mol. The second-order valence-electron chi connectivity index (χ2n) is 4.44. The molecule has 2 unspecified atom stereocenters. The molecule has 2 nitrogen and oxygen atoms in total. The lowest BCUT2D eigenvalue weighted by molar-refractivity contribution is 0.120. The van der Waals surface area contributed by atoms with Crippen molar-refractivity contribution >= 4 is 5.69 Å². The van der Waals surface area contributed by atoms with Crippen LogP contribution in [0.3, 0.4) is 0 Å². The maximum atomic E-state index is 13.6. The molecule has 0 fully saturated rings. The van der Waals surface area contributed by atoms with Crippen LogP contribution in [0.4, 0.5) is 10.1 Å². The summed E-state index contributed by atoms with van der Waals surface area (Å²) < 4.78 is 13.6. The zero-order valence-electron chi connectivity index (χ0n) is 10.9. The molecule has 1 aromatic carbocycles. The molecule has 0 aliphatic carbocycles. The molecule has 0 saturated carbocycles. The van der Waals surface area contributed by atoms with Crippen molar-refractivity contribution in [1.29, 1.82) is 0 Å². The fourth-order valence-corrected chi connectivity index (χ4v) is 1.78. The number of halogens is 1. The predicted octanol–water partition coefficient (Wildman–Crippen LogP) is 3.06. The summed E-state index contributed by atoms with van der Waals surface area (Å²) in [6.45, 7) is 7.20. The Hall–Kier alpha value is -1.09. The first-order valence-electron chi connectivity index (χ1n) is 6.27. The number of aliphatic hydroxyl groups is 1. The van der Waals surface area contributed by atoms with E-state index in [4.69, 9.17) is 0 Å². The Labute approximate surface area is 103 Å². The van der Waals surface area contributed by atoms with E-state index in [1.54, 1.807) is 12.1 Å². The van der Waals surface area contributed by atoms with Crippen LogP contribution in [0.2, 0.25) is 0 Å². The first kappa shape index (κ1) is 14.0. The Morgan fingerprint density at radius 3 is 2.47 bits per heavy atom. The molecule has 0 amide bonds. The molecule has 0 spiro atoms. The number of nitrogens with zero attached hydrogens (tertiary/aromatic N) is 1. The summed E-state index contributed by atoms with van der Waals surface area (Å²) in [5.74, 6) is 0.00141. The van der Waals surface area contributed by atoms with Crippen molar-refractivity contribution in [2.75, 3.05) is 18.0 Å². The maximum absolute atomic E-state index is 13.6. The molecule has 0 aliphatic heterocycles. The normalized spacial score (nSPS) is 14.4. The van der Waals surface area contributed by atoms with Gasteiger partial charge >= 0.3 is 0 Å². The molecule has 0 bridgehead atoms. The highest BCUT2D eigenvalue weighted by Gasteiger charge is 2.17. The minimum Gasteiger partial charge on any atom is -0.391 e. The fraction of sp³-hybridized carbons (Fsp3) is 0.571. The molecule has 0 saturated heterocycles. The van der Waals surface area contributed by atoms with Gasteiger partial charge in [-0.05, 0) is 25.0 Å². The summed E-state index contributed by atoms with van der Waals surface area (Å²) in [5, 5.41) is 10.0. The van der Waals surface area contributed by atoms with E-state index in [0.717, 1.165) is 6.42 Å². The molecule has 1 N–H and O–H groups in total. The topological polar surface area (TPSA) is 23.5 Å². The second kappa shape index (κ2) is 6.60. The maximum Gasteiger partial charge on any atom is 0.146 e. The van der Waals surface area contributed by atoms with Crippen LogP contribution >= 0.6 is 0 Å². The molecule has 2 atom stereocenters. The van der Waals surface area contributed by atoms with Gasteiger partial charge in [0.15, 0.2) is 0 Å². The van der Waals surface area contributed by atoms with Crippen LogP contribution in [0.1, 0.15) is 27.2 Å². The van der Waals surface area contributed by atoms with Crippen LogP contribution in [0, 0.1) is 11.7 Å². The Morgan fingerprint density at radius 2 is 1.94 bits per heavy atom. The van der Waals surface area contributed by atoms with Crippen molar-refractivity contribution in [3.63, 3.8) is 0 Å². The minimum absolute atomic E-state index is 0.231. The molecular weight excluding hydrogens is 217 g/mol. The van der Waals surface area contributed by atoms with Gasteiger partial charge in [-0.1, -0.05) is 32.4 Å². The van der Waals surface area contributed by atoms with Crippen LogP contribution in [0.5, 0.6) is 0 Å². The molecule has 1 aromatic rings. The van der Waals surface area contributed by atoms with E-state index in [1.165, 1.54) is 6.07 Å². The third-order valence-corrected chi connectivity index (χ3v) is 3.28. The number of anilines is 1. The lowest BCUT2D eigenvalue weighted by atomic mass is 10.0. The predicted molar refractivity (Wildman–Crippen MR) is 69.7 cm³/mol. The highest BCUT2D eigenvalue weighted by Crippen LogP contribution is 2.20. The zero-order chi connectivity index (χ0) is 12.8. The second-order valence-corrected chi connectivity index (χ2v) is 4.44. The van der Waals surface area contributed by atoms with Crippen LogP contribution in [0.25, 0.3) is 0 Å². The summed E-state index contributed by atoms with van der Waals surface area (Å²) in [5.41, 5.74) is 0.567. The summed E-state index contributed by atoms with van der Waals surface area (Å²) >= 11 is 0. The standard InChI is InChI=1S/C14H22FNO/c1-4-11(3)14(17)10-16(5-2)13-9-7-6-8-12(13)15/h6-9,11,14,17H,4-5,10H2,1-3H3. The Kier molecular flexibility index (Phi) is 5.42. The van der Waals surface area contributed by atoms with Gasteiger partial charge in [-0.15, -0.1) is 0 Å². The molecule has 17 heavy (non-hydrogen) atoms. The van der Waals surface area contributed by atoms with E-state index in [0.29, 0.717) is 18.8 Å². The SMILES string of the molecule is CCC(C)C(O)CN(CC)c1ccccc1F. The number of likely N-dealkylation sites (N-methyl/N-ethyl adjacent to an activating group) is 1. The van der Waals surface area contributed by atoms with Crippen molar-refractivity contribution in [3.8, 4) is 0 Å². The molecule has 0 aliphatic rings. The van der Waals surface area contributed by atoms with Crippen molar-refractivity contribution < 1.29 is 9.50 Å². The van der Waals surface area contributed by atoms with Crippen molar-refractivity contribution in [2.45, 2.75) is 33.3 Å². The van der Waals surface area contributed by atoms with Gasteiger partial charge in [-0.2, -0.15) is 0 Å². The summed E-state index contributed by atoms with van der Waals surface area (Å²) in [4.78, 5) is 1.88. The van der Waals surface area contributed by atoms with Gasteiger partial charge in [0, 0.05) is 13.1 Å². The molecule has 96 valence electrons. The number of hydrogen-bond acceptors (Lipinski definition) is 2. The van der Waals surface area contributed by atoms with Gasteiger partial charge in [-0.3, -0.25) is 0 Å². The average Bonchev–Trinajstić information content (AvgIpc) is 2.35. The minimum atomic E-state index is -0.417. The monoisotopic (exact) mass is 239 g/mol. The lowest BCUT2D eigenvalue weighted by Gasteiger charge is -2.28. The van der Waals surface area contributed by atoms with E-state index < -0.39 is 6.10 Å². The summed E-state index contributed by atoms with van der Waals surface area (Å²) in [7, 11) is 0. The van der Waals surface area contributed by atoms with Crippen molar-refractivity contribution in [3.05, 3.63) is 30.1 Å². The first-order valence-corrected chi connectivity index (χ1v) is 6.27. The largest absolute Gasteiger partial charge is 0.391 e. The third-order valence-electron chi connectivity index (χ3n) is 3.28. The highest BCUT2D eigenvalue weighted by atomic mass is 19.1. The van der Waals surface area contributed by atoms with E-state index in [1.807, 2.05) is 31.7 Å². The number of rotatable bonds is 6. The molecule has 0 radical (unpaired) electrons. The third kappa shape index (κ3) is 3.70. The Balaban J connectivity index is 2.76. The molecule has 0 aromatic heterocycles. The van der Waals surface area contributed by atoms with Crippen molar-refractivity contribution in [1.82, 2.24) is 0 Å². The van der Waals surface area contributed by atoms with Crippen LogP contribution < -0.4 is 4.90 Å².